The largest absolute Gasteiger partial charge is 0.492 e. The van der Waals surface area contributed by atoms with E-state index in [0.29, 0.717) is 29.9 Å². The van der Waals surface area contributed by atoms with Gasteiger partial charge in [0.2, 0.25) is 5.91 Å². The molecule has 0 bridgehead atoms. The molecule has 1 saturated carbocycles. The first-order chi connectivity index (χ1) is 18.5. The summed E-state index contributed by atoms with van der Waals surface area (Å²) in [5.41, 5.74) is 12.6. The highest BCUT2D eigenvalue weighted by Crippen LogP contribution is 2.58. The molecule has 2 fully saturated rings. The summed E-state index contributed by atoms with van der Waals surface area (Å²) in [6.45, 7) is 3.72. The number of aryl methyl sites for hydroxylation is 1. The van der Waals surface area contributed by atoms with Gasteiger partial charge < -0.3 is 15.2 Å². The van der Waals surface area contributed by atoms with Gasteiger partial charge in [0.15, 0.2) is 0 Å². The molecule has 6 rings (SSSR count). The van der Waals surface area contributed by atoms with Crippen LogP contribution in [0.1, 0.15) is 76.7 Å². The third kappa shape index (κ3) is 5.02. The molecule has 3 aromatic carbocycles. The molecule has 2 aliphatic carbocycles. The van der Waals surface area contributed by atoms with Gasteiger partial charge in [-0.05, 0) is 96.9 Å². The van der Waals surface area contributed by atoms with E-state index in [4.69, 9.17) is 15.2 Å². The molecule has 1 amide bonds. The smallest absolute Gasteiger partial charge is 0.248 e. The van der Waals surface area contributed by atoms with E-state index in [1.807, 2.05) is 24.3 Å². The van der Waals surface area contributed by atoms with Crippen molar-refractivity contribution in [1.82, 2.24) is 0 Å². The summed E-state index contributed by atoms with van der Waals surface area (Å²) in [5.74, 6) is 2.41. The molecule has 38 heavy (non-hydrogen) atoms. The third-order valence-corrected chi connectivity index (χ3v) is 9.05. The van der Waals surface area contributed by atoms with Gasteiger partial charge in [0.1, 0.15) is 5.60 Å². The number of hydrogen-bond donors (Lipinski definition) is 1. The molecule has 4 nitrogen and oxygen atoms in total. The maximum absolute atomic E-state index is 11.6. The molecular weight excluding hydrogens is 470 g/mol. The molecule has 0 spiro atoms. The van der Waals surface area contributed by atoms with Crippen LogP contribution in [0.4, 0.5) is 0 Å². The van der Waals surface area contributed by atoms with Crippen molar-refractivity contribution in [3.63, 3.8) is 0 Å². The fraction of sp³-hybridized carbons (Fsp3) is 0.382. The molecule has 4 heteroatoms. The average Bonchev–Trinajstić information content (AvgIpc) is 3.27. The van der Waals surface area contributed by atoms with Crippen molar-refractivity contribution in [2.45, 2.75) is 63.6 Å². The molecule has 1 aliphatic heterocycles. The number of rotatable bonds is 7. The molecular formula is C34H37NO3. The molecule has 196 valence electrons. The van der Waals surface area contributed by atoms with Crippen LogP contribution in [0.15, 0.2) is 78.6 Å². The van der Waals surface area contributed by atoms with Gasteiger partial charge in [0.25, 0.3) is 0 Å². The van der Waals surface area contributed by atoms with Crippen LogP contribution >= 0.6 is 0 Å². The highest BCUT2D eigenvalue weighted by molar-refractivity contribution is 5.93. The maximum atomic E-state index is 11.6. The summed E-state index contributed by atoms with van der Waals surface area (Å²) >= 11 is 0. The molecule has 3 aromatic rings. The summed E-state index contributed by atoms with van der Waals surface area (Å²) in [6.07, 6.45) is 8.63. The summed E-state index contributed by atoms with van der Waals surface area (Å²) in [5, 5.41) is 0. The number of carbonyl (C=O) groups is 1. The Morgan fingerprint density at radius 2 is 1.92 bits per heavy atom. The van der Waals surface area contributed by atoms with Crippen molar-refractivity contribution in [2.24, 2.45) is 17.6 Å². The Kier molecular flexibility index (Phi) is 6.84. The number of hydrogen-bond acceptors (Lipinski definition) is 3. The Bertz CT molecular complexity index is 1350. The predicted octanol–water partition coefficient (Wildman–Crippen LogP) is 6.82. The van der Waals surface area contributed by atoms with E-state index in [1.165, 1.54) is 29.5 Å². The minimum absolute atomic E-state index is 0.109. The Labute approximate surface area is 225 Å². The molecule has 3 unspecified atom stereocenters. The topological polar surface area (TPSA) is 61.5 Å². The Morgan fingerprint density at radius 3 is 2.76 bits per heavy atom. The van der Waals surface area contributed by atoms with Gasteiger partial charge in [-0.2, -0.15) is 0 Å². The number of fused-ring (bicyclic) bond motifs is 5. The number of carbonyl (C=O) groups excluding carboxylic acids is 1. The molecule has 0 radical (unpaired) electrons. The van der Waals surface area contributed by atoms with Crippen LogP contribution in [0.25, 0.3) is 6.08 Å². The van der Waals surface area contributed by atoms with E-state index in [1.54, 1.807) is 11.6 Å². The van der Waals surface area contributed by atoms with Crippen molar-refractivity contribution >= 4 is 12.0 Å². The van der Waals surface area contributed by atoms with Crippen molar-refractivity contribution < 1.29 is 14.3 Å². The summed E-state index contributed by atoms with van der Waals surface area (Å²) in [4.78, 5) is 11.6. The zero-order valence-corrected chi connectivity index (χ0v) is 22.2. The van der Waals surface area contributed by atoms with Gasteiger partial charge >= 0.3 is 0 Å². The van der Waals surface area contributed by atoms with Crippen LogP contribution in [0.5, 0.6) is 0 Å². The van der Waals surface area contributed by atoms with Crippen LogP contribution < -0.4 is 5.73 Å². The molecule has 1 heterocycles. The minimum atomic E-state index is -0.398. The van der Waals surface area contributed by atoms with Crippen molar-refractivity contribution in [3.05, 3.63) is 112 Å². The zero-order valence-electron chi connectivity index (χ0n) is 22.2. The zero-order chi connectivity index (χ0) is 26.1. The van der Waals surface area contributed by atoms with Crippen LogP contribution in [-0.2, 0) is 28.9 Å². The number of nitrogens with two attached hydrogens (primary N) is 1. The van der Waals surface area contributed by atoms with Gasteiger partial charge in [0, 0.05) is 17.9 Å². The van der Waals surface area contributed by atoms with E-state index in [-0.39, 0.29) is 5.60 Å². The first-order valence-electron chi connectivity index (χ1n) is 14.0. The fourth-order valence-electron chi connectivity index (χ4n) is 7.14. The van der Waals surface area contributed by atoms with Gasteiger partial charge in [0.05, 0.1) is 19.0 Å². The normalized spacial score (nSPS) is 26.8. The molecule has 3 aliphatic rings. The Balaban J connectivity index is 1.12. The van der Waals surface area contributed by atoms with E-state index in [0.717, 1.165) is 43.6 Å². The average molecular weight is 508 g/mol. The number of ether oxygens (including phenoxy) is 2. The van der Waals surface area contributed by atoms with Gasteiger partial charge in [-0.25, -0.2) is 0 Å². The lowest BCUT2D eigenvalue weighted by Crippen LogP contribution is -2.44. The fourth-order valence-corrected chi connectivity index (χ4v) is 7.14. The highest BCUT2D eigenvalue weighted by atomic mass is 16.5. The van der Waals surface area contributed by atoms with Crippen molar-refractivity contribution in [1.29, 1.82) is 0 Å². The second-order valence-electron chi connectivity index (χ2n) is 11.5. The van der Waals surface area contributed by atoms with Crippen molar-refractivity contribution in [2.75, 3.05) is 6.61 Å². The molecule has 0 aromatic heterocycles. The number of primary amides is 1. The van der Waals surface area contributed by atoms with Crippen LogP contribution in [0, 0.1) is 11.8 Å². The molecule has 1 saturated heterocycles. The number of allylic oxidation sites excluding steroid dienone is 1. The lowest BCUT2D eigenvalue weighted by atomic mass is 9.58. The van der Waals surface area contributed by atoms with Crippen LogP contribution in [-0.4, -0.2) is 18.1 Å². The van der Waals surface area contributed by atoms with Gasteiger partial charge in [-0.15, -0.1) is 0 Å². The standard InChI is InChI=1S/C34H37NO3/c1-34-16-14-30-29-12-10-23(15-17-37-22-24-6-3-2-4-7-24)18-26(29)11-13-31(30)32(34)21-28(38-34)20-25-8-5-9-27(19-25)33(35)36/h2-10,12,18-20,30-32H,11,13-17,21-22H2,1H3,(H2,35,36)/b28-20+/t30?,31?,32?,34-/m0/s1. The Hall–Kier alpha value is -3.37. The predicted molar refractivity (Wildman–Crippen MR) is 151 cm³/mol. The highest BCUT2D eigenvalue weighted by Gasteiger charge is 2.53. The van der Waals surface area contributed by atoms with E-state index in [9.17, 15) is 4.79 Å². The minimum Gasteiger partial charge on any atom is -0.492 e. The Morgan fingerprint density at radius 1 is 1.05 bits per heavy atom. The maximum Gasteiger partial charge on any atom is 0.248 e. The summed E-state index contributed by atoms with van der Waals surface area (Å²) in [6, 6.07) is 25.0. The lowest BCUT2D eigenvalue weighted by Gasteiger charge is -2.47. The van der Waals surface area contributed by atoms with Crippen LogP contribution in [0.3, 0.4) is 0 Å². The molecule has 4 atom stereocenters. The van der Waals surface area contributed by atoms with E-state index in [2.05, 4.69) is 55.5 Å². The second kappa shape index (κ2) is 10.4. The first kappa shape index (κ1) is 24.9. The number of benzene rings is 3. The van der Waals surface area contributed by atoms with Gasteiger partial charge in [-0.3, -0.25) is 4.79 Å². The monoisotopic (exact) mass is 507 g/mol. The third-order valence-electron chi connectivity index (χ3n) is 9.05. The summed E-state index contributed by atoms with van der Waals surface area (Å²) in [7, 11) is 0. The van der Waals surface area contributed by atoms with Gasteiger partial charge in [-0.1, -0.05) is 60.7 Å². The van der Waals surface area contributed by atoms with Crippen molar-refractivity contribution in [3.8, 4) is 0 Å². The number of amides is 1. The lowest BCUT2D eigenvalue weighted by molar-refractivity contribution is -0.0386. The summed E-state index contributed by atoms with van der Waals surface area (Å²) < 4.78 is 12.6. The van der Waals surface area contributed by atoms with Crippen LogP contribution in [0.2, 0.25) is 0 Å². The second-order valence-corrected chi connectivity index (χ2v) is 11.5. The SMILES string of the molecule is C[C@]12CCC3c4ccc(CCOCc5ccccc5)cc4CCC3C1C/C(=C\c1cccc(C(N)=O)c1)O2. The first-order valence-corrected chi connectivity index (χ1v) is 14.0. The quantitative estimate of drug-likeness (QED) is 0.357. The van der Waals surface area contributed by atoms with E-state index >= 15 is 0 Å². The molecule has 2 N–H and O–H groups in total. The van der Waals surface area contributed by atoms with E-state index < -0.39 is 5.91 Å².